The molecule has 1 aliphatic rings. The van der Waals surface area contributed by atoms with Crippen LogP contribution in [0.5, 0.6) is 5.75 Å². The highest BCUT2D eigenvalue weighted by Crippen LogP contribution is 2.29. The molecule has 22 heavy (non-hydrogen) atoms. The van der Waals surface area contributed by atoms with E-state index in [-0.39, 0.29) is 22.8 Å². The van der Waals surface area contributed by atoms with Gasteiger partial charge >= 0.3 is 6.61 Å². The quantitative estimate of drug-likeness (QED) is 0.849. The molecule has 0 bridgehead atoms. The third-order valence-electron chi connectivity index (χ3n) is 3.11. The minimum Gasteiger partial charge on any atom is -0.435 e. The third kappa shape index (κ3) is 3.94. The molecule has 1 heterocycles. The molecular weight excluding hydrogens is 316 g/mol. The molecule has 5 nitrogen and oxygen atoms in total. The lowest BCUT2D eigenvalue weighted by Gasteiger charge is -2.14. The zero-order valence-electron chi connectivity index (χ0n) is 12.5. The first kappa shape index (κ1) is 16.7. The summed E-state index contributed by atoms with van der Waals surface area (Å²) in [7, 11) is -3.76. The average molecular weight is 333 g/mol. The second-order valence-electron chi connectivity index (χ2n) is 5.76. The lowest BCUT2D eigenvalue weighted by Crippen LogP contribution is -2.23. The first-order valence-electron chi connectivity index (χ1n) is 6.61. The highest BCUT2D eigenvalue weighted by Gasteiger charge is 2.36. The molecule has 1 aromatic rings. The summed E-state index contributed by atoms with van der Waals surface area (Å²) in [6.45, 7) is 2.16. The largest absolute Gasteiger partial charge is 0.435 e. The summed E-state index contributed by atoms with van der Waals surface area (Å²) in [4.78, 5) is 5.05. The van der Waals surface area contributed by atoms with E-state index in [9.17, 15) is 17.2 Å². The first-order chi connectivity index (χ1) is 10.1. The van der Waals surface area contributed by atoms with Gasteiger partial charge in [0.2, 0.25) is 0 Å². The second-order valence-corrected chi connectivity index (χ2v) is 7.75. The molecule has 0 atom stereocenters. The topological polar surface area (TPSA) is 65.0 Å². The van der Waals surface area contributed by atoms with Crippen molar-refractivity contribution in [3.05, 3.63) is 29.3 Å². The van der Waals surface area contributed by atoms with Crippen molar-refractivity contribution in [1.82, 2.24) is 0 Å². The number of ether oxygens (including phenoxy) is 1. The summed E-state index contributed by atoms with van der Waals surface area (Å²) in [5, 5.41) is 3.53. The van der Waals surface area contributed by atoms with Crippen molar-refractivity contribution in [1.29, 1.82) is 0 Å². The van der Waals surface area contributed by atoms with Gasteiger partial charge in [-0.25, -0.2) is 8.42 Å². The summed E-state index contributed by atoms with van der Waals surface area (Å²) in [5.41, 5.74) is 0.238. The fourth-order valence-electron chi connectivity index (χ4n) is 2.09. The fourth-order valence-corrected chi connectivity index (χ4v) is 3.61. The molecule has 0 amide bonds. The summed E-state index contributed by atoms with van der Waals surface area (Å²) in [5.74, 6) is -0.613. The van der Waals surface area contributed by atoms with Crippen LogP contribution in [-0.2, 0) is 20.4 Å². The molecule has 122 valence electrons. The van der Waals surface area contributed by atoms with Crippen molar-refractivity contribution in [3.8, 4) is 5.75 Å². The molecule has 0 fully saturated rings. The number of aryl methyl sites for hydroxylation is 1. The van der Waals surface area contributed by atoms with E-state index >= 15 is 0 Å². The van der Waals surface area contributed by atoms with E-state index in [1.807, 2.05) is 0 Å². The third-order valence-corrected chi connectivity index (χ3v) is 4.74. The van der Waals surface area contributed by atoms with Gasteiger partial charge < -0.3 is 9.57 Å². The van der Waals surface area contributed by atoms with Gasteiger partial charge in [-0.2, -0.15) is 8.78 Å². The number of sulfone groups is 1. The SMILES string of the molecule is Cc1ccc(OC(F)F)c(CS(=O)(=O)C2=NOC(C)(C)C2)c1. The van der Waals surface area contributed by atoms with Crippen LogP contribution in [-0.4, -0.2) is 25.7 Å². The number of rotatable bonds is 4. The van der Waals surface area contributed by atoms with Gasteiger partial charge in [0.05, 0.1) is 5.75 Å². The minimum atomic E-state index is -3.76. The van der Waals surface area contributed by atoms with E-state index in [1.54, 1.807) is 26.8 Å². The molecule has 0 saturated carbocycles. The molecule has 0 unspecified atom stereocenters. The molecule has 2 rings (SSSR count). The Morgan fingerprint density at radius 3 is 2.64 bits per heavy atom. The van der Waals surface area contributed by atoms with Crippen LogP contribution in [0.15, 0.2) is 23.4 Å². The number of hydrogen-bond donors (Lipinski definition) is 0. The molecule has 0 radical (unpaired) electrons. The molecule has 1 aliphatic heterocycles. The van der Waals surface area contributed by atoms with Crippen LogP contribution in [0.1, 0.15) is 31.4 Å². The highest BCUT2D eigenvalue weighted by molar-refractivity contribution is 8.05. The number of halogens is 2. The smallest absolute Gasteiger partial charge is 0.387 e. The van der Waals surface area contributed by atoms with Crippen LogP contribution in [0, 0.1) is 6.92 Å². The van der Waals surface area contributed by atoms with Gasteiger partial charge in [-0.05, 0) is 26.8 Å². The summed E-state index contributed by atoms with van der Waals surface area (Å²) in [6, 6.07) is 4.42. The number of nitrogens with zero attached hydrogens (tertiary/aromatic N) is 1. The molecule has 0 aliphatic carbocycles. The van der Waals surface area contributed by atoms with Gasteiger partial charge in [-0.15, -0.1) is 0 Å². The lowest BCUT2D eigenvalue weighted by atomic mass is 10.1. The maximum atomic E-state index is 12.4. The Balaban J connectivity index is 2.28. The Bertz CT molecular complexity index is 699. The van der Waals surface area contributed by atoms with Gasteiger partial charge in [0.1, 0.15) is 11.4 Å². The van der Waals surface area contributed by atoms with Crippen molar-refractivity contribution in [2.45, 2.75) is 45.2 Å². The van der Waals surface area contributed by atoms with Gasteiger partial charge in [0.25, 0.3) is 0 Å². The lowest BCUT2D eigenvalue weighted by molar-refractivity contribution is -0.0503. The van der Waals surface area contributed by atoms with E-state index in [0.717, 1.165) is 5.56 Å². The fraction of sp³-hybridized carbons (Fsp3) is 0.500. The molecule has 0 saturated heterocycles. The Labute approximate surface area is 127 Å². The predicted molar refractivity (Wildman–Crippen MR) is 77.7 cm³/mol. The van der Waals surface area contributed by atoms with Gasteiger partial charge in [-0.1, -0.05) is 22.9 Å². The Morgan fingerprint density at radius 1 is 1.41 bits per heavy atom. The van der Waals surface area contributed by atoms with Crippen LogP contribution >= 0.6 is 0 Å². The summed E-state index contributed by atoms with van der Waals surface area (Å²) in [6.07, 6.45) is 0.145. The normalized spacial score (nSPS) is 17.3. The molecule has 0 N–H and O–H groups in total. The van der Waals surface area contributed by atoms with Crippen molar-refractivity contribution >= 4 is 14.9 Å². The van der Waals surface area contributed by atoms with Gasteiger partial charge in [-0.3, -0.25) is 0 Å². The van der Waals surface area contributed by atoms with E-state index in [0.29, 0.717) is 0 Å². The predicted octanol–water partition coefficient (Wildman–Crippen LogP) is 3.02. The van der Waals surface area contributed by atoms with Gasteiger partial charge in [0, 0.05) is 12.0 Å². The van der Waals surface area contributed by atoms with Crippen LogP contribution in [0.4, 0.5) is 8.78 Å². The van der Waals surface area contributed by atoms with Crippen LogP contribution in [0.3, 0.4) is 0 Å². The first-order valence-corrected chi connectivity index (χ1v) is 8.26. The Morgan fingerprint density at radius 2 is 2.09 bits per heavy atom. The van der Waals surface area contributed by atoms with E-state index < -0.39 is 27.8 Å². The summed E-state index contributed by atoms with van der Waals surface area (Å²) < 4.78 is 54.0. The van der Waals surface area contributed by atoms with Crippen molar-refractivity contribution in [3.63, 3.8) is 0 Å². The standard InChI is InChI=1S/C14H17F2NO4S/c1-9-4-5-11(20-13(15)16)10(6-9)8-22(18,19)12-7-14(2,3)21-17-12/h4-6,13H,7-8H2,1-3H3. The minimum absolute atomic E-state index is 0.0815. The molecular formula is C14H17F2NO4S. The zero-order chi connectivity index (χ0) is 16.5. The number of oxime groups is 1. The van der Waals surface area contributed by atoms with Crippen LogP contribution < -0.4 is 4.74 Å². The molecule has 0 aromatic heterocycles. The van der Waals surface area contributed by atoms with Crippen LogP contribution in [0.2, 0.25) is 0 Å². The molecule has 8 heteroatoms. The Hall–Kier alpha value is -1.70. The zero-order valence-corrected chi connectivity index (χ0v) is 13.3. The highest BCUT2D eigenvalue weighted by atomic mass is 32.2. The molecule has 1 aromatic carbocycles. The van der Waals surface area contributed by atoms with Gasteiger partial charge in [0.15, 0.2) is 14.9 Å². The van der Waals surface area contributed by atoms with E-state index in [2.05, 4.69) is 9.89 Å². The summed E-state index contributed by atoms with van der Waals surface area (Å²) >= 11 is 0. The number of benzene rings is 1. The van der Waals surface area contributed by atoms with Crippen molar-refractivity contribution in [2.75, 3.05) is 0 Å². The van der Waals surface area contributed by atoms with E-state index in [4.69, 9.17) is 4.84 Å². The second kappa shape index (κ2) is 5.83. The maximum absolute atomic E-state index is 12.4. The maximum Gasteiger partial charge on any atom is 0.387 e. The van der Waals surface area contributed by atoms with Crippen LogP contribution in [0.25, 0.3) is 0 Å². The number of alkyl halides is 2. The van der Waals surface area contributed by atoms with E-state index in [1.165, 1.54) is 12.1 Å². The van der Waals surface area contributed by atoms with Crippen molar-refractivity contribution < 1.29 is 26.8 Å². The monoisotopic (exact) mass is 333 g/mol. The number of hydrogen-bond acceptors (Lipinski definition) is 5. The van der Waals surface area contributed by atoms with Crippen molar-refractivity contribution in [2.24, 2.45) is 5.16 Å². The Kier molecular flexibility index (Phi) is 4.42. The average Bonchev–Trinajstić information content (AvgIpc) is 2.73. The molecule has 0 spiro atoms.